The fraction of sp³-hybridized carbons (Fsp3) is 0.800. The van der Waals surface area contributed by atoms with Crippen LogP contribution in [0.5, 0.6) is 0 Å². The summed E-state index contributed by atoms with van der Waals surface area (Å²) in [6.07, 6.45) is 18.0. The molecule has 2 nitrogen and oxygen atoms in total. The fourth-order valence-corrected chi connectivity index (χ4v) is 8.43. The summed E-state index contributed by atoms with van der Waals surface area (Å²) in [5.41, 5.74) is 3.83. The number of hydrogen-bond acceptors (Lipinski definition) is 2. The standard InChI is InChI=1S/C25H38O2S/c1-23(2,3)28(5,6)27-22-8-7-19-18-13-16-15-25(12-9-17(26)14-21(16)25)20(18)10-11-24(19,22)4/h10,14,16,18-19,22H,7-9,11-13,15H2,1-6H3. The molecule has 2 bridgehead atoms. The number of carbonyl (C=O) groups excluding carboxylic acids is 1. The zero-order valence-electron chi connectivity index (χ0n) is 18.6. The zero-order chi connectivity index (χ0) is 20.1. The number of rotatable bonds is 2. The Labute approximate surface area is 173 Å². The van der Waals surface area contributed by atoms with Crippen LogP contribution < -0.4 is 0 Å². The number of ketones is 1. The van der Waals surface area contributed by atoms with Crippen LogP contribution in [0.2, 0.25) is 0 Å². The molecule has 4 saturated carbocycles. The molecule has 6 aliphatic carbocycles. The van der Waals surface area contributed by atoms with Gasteiger partial charge in [0.05, 0.1) is 6.10 Å². The lowest BCUT2D eigenvalue weighted by Gasteiger charge is -2.64. The van der Waals surface area contributed by atoms with Gasteiger partial charge >= 0.3 is 0 Å². The van der Waals surface area contributed by atoms with Crippen LogP contribution in [0.3, 0.4) is 0 Å². The molecule has 1 spiro atoms. The largest absolute Gasteiger partial charge is 0.333 e. The lowest BCUT2D eigenvalue weighted by molar-refractivity contribution is -0.117. The molecule has 156 valence electrons. The maximum absolute atomic E-state index is 12.0. The quantitative estimate of drug-likeness (QED) is 0.513. The second-order valence-electron chi connectivity index (χ2n) is 11.9. The highest BCUT2D eigenvalue weighted by atomic mass is 32.3. The number of fused-ring (bicyclic) bond motifs is 1. The molecule has 0 N–H and O–H groups in total. The van der Waals surface area contributed by atoms with Crippen LogP contribution in [0.15, 0.2) is 23.3 Å². The van der Waals surface area contributed by atoms with Gasteiger partial charge in [0.1, 0.15) is 0 Å². The Hall–Kier alpha value is -0.540. The summed E-state index contributed by atoms with van der Waals surface area (Å²) in [6, 6.07) is 0. The molecule has 0 saturated heterocycles. The highest BCUT2D eigenvalue weighted by Gasteiger charge is 2.64. The molecule has 0 aliphatic heterocycles. The van der Waals surface area contributed by atoms with Gasteiger partial charge in [0.2, 0.25) is 0 Å². The van der Waals surface area contributed by atoms with Gasteiger partial charge in [-0.3, -0.25) is 4.79 Å². The van der Waals surface area contributed by atoms with Gasteiger partial charge < -0.3 is 4.18 Å². The van der Waals surface area contributed by atoms with Crippen molar-refractivity contribution in [2.24, 2.45) is 28.6 Å². The molecule has 6 unspecified atom stereocenters. The second kappa shape index (κ2) is 5.78. The SMILES string of the molecule is CC12CC=C3C(CC4CC35CCC(=O)C=C45)C1CCC2OS(C)(C)C(C)(C)C. The Bertz CT molecular complexity index is 785. The van der Waals surface area contributed by atoms with Crippen molar-refractivity contribution >= 4 is 16.1 Å². The third-order valence-corrected chi connectivity index (χ3v) is 13.3. The summed E-state index contributed by atoms with van der Waals surface area (Å²) >= 11 is 0. The summed E-state index contributed by atoms with van der Waals surface area (Å²) in [6.45, 7) is 9.53. The normalized spacial score (nSPS) is 45.3. The minimum atomic E-state index is -1.09. The maximum Gasteiger partial charge on any atom is 0.155 e. The van der Waals surface area contributed by atoms with Crippen molar-refractivity contribution in [3.8, 4) is 0 Å². The number of hydrogen-bond donors (Lipinski definition) is 0. The maximum atomic E-state index is 12.0. The predicted molar refractivity (Wildman–Crippen MR) is 119 cm³/mol. The molecule has 0 aromatic carbocycles. The Kier molecular flexibility index (Phi) is 4.01. The van der Waals surface area contributed by atoms with Crippen LogP contribution >= 0.6 is 10.3 Å². The van der Waals surface area contributed by atoms with Gasteiger partial charge in [0, 0.05) is 22.0 Å². The molecule has 0 radical (unpaired) electrons. The van der Waals surface area contributed by atoms with Crippen LogP contribution in [0, 0.1) is 28.6 Å². The van der Waals surface area contributed by atoms with Crippen molar-refractivity contribution in [1.29, 1.82) is 0 Å². The van der Waals surface area contributed by atoms with E-state index in [1.54, 1.807) is 5.57 Å². The van der Waals surface area contributed by atoms with Crippen LogP contribution in [0.4, 0.5) is 0 Å². The highest BCUT2D eigenvalue weighted by Crippen LogP contribution is 2.73. The third kappa shape index (κ3) is 2.41. The second-order valence-corrected chi connectivity index (χ2v) is 15.8. The highest BCUT2D eigenvalue weighted by molar-refractivity contribution is 8.29. The zero-order valence-corrected chi connectivity index (χ0v) is 19.5. The van der Waals surface area contributed by atoms with E-state index < -0.39 is 10.3 Å². The van der Waals surface area contributed by atoms with Crippen molar-refractivity contribution in [3.05, 3.63) is 23.3 Å². The van der Waals surface area contributed by atoms with E-state index >= 15 is 0 Å². The molecule has 6 rings (SSSR count). The first-order chi connectivity index (χ1) is 13.0. The van der Waals surface area contributed by atoms with Crippen molar-refractivity contribution < 1.29 is 8.98 Å². The summed E-state index contributed by atoms with van der Waals surface area (Å²) in [5.74, 6) is 2.57. The van der Waals surface area contributed by atoms with E-state index in [9.17, 15) is 4.79 Å². The summed E-state index contributed by atoms with van der Waals surface area (Å²) in [4.78, 5) is 12.0. The summed E-state index contributed by atoms with van der Waals surface area (Å²) < 4.78 is 7.19. The van der Waals surface area contributed by atoms with Gasteiger partial charge in [-0.25, -0.2) is 0 Å². The first-order valence-corrected chi connectivity index (χ1v) is 13.7. The minimum absolute atomic E-state index is 0.219. The average molecular weight is 403 g/mol. The van der Waals surface area contributed by atoms with Gasteiger partial charge in [-0.05, 0) is 74.9 Å². The predicted octanol–water partition coefficient (Wildman–Crippen LogP) is 6.21. The first-order valence-electron chi connectivity index (χ1n) is 11.3. The molecule has 0 amide bonds. The molecule has 3 heteroatoms. The smallest absolute Gasteiger partial charge is 0.155 e. The van der Waals surface area contributed by atoms with Gasteiger partial charge in [-0.1, -0.05) is 44.9 Å². The van der Waals surface area contributed by atoms with Gasteiger partial charge in [-0.2, -0.15) is 0 Å². The molecule has 6 aliphatic rings. The lowest BCUT2D eigenvalue weighted by atomic mass is 9.40. The van der Waals surface area contributed by atoms with Crippen LogP contribution in [-0.2, 0) is 8.98 Å². The number of carbonyl (C=O) groups is 1. The Morgan fingerprint density at radius 3 is 2.64 bits per heavy atom. The van der Waals surface area contributed by atoms with Crippen molar-refractivity contribution in [2.75, 3.05) is 12.5 Å². The van der Waals surface area contributed by atoms with Crippen LogP contribution in [0.1, 0.15) is 72.6 Å². The van der Waals surface area contributed by atoms with E-state index in [2.05, 4.69) is 46.3 Å². The van der Waals surface area contributed by atoms with Crippen molar-refractivity contribution in [1.82, 2.24) is 0 Å². The minimum Gasteiger partial charge on any atom is -0.333 e. The van der Waals surface area contributed by atoms with Crippen LogP contribution in [-0.4, -0.2) is 29.1 Å². The third-order valence-electron chi connectivity index (χ3n) is 9.59. The average Bonchev–Trinajstić information content (AvgIpc) is 2.92. The van der Waals surface area contributed by atoms with Gasteiger partial charge in [0.15, 0.2) is 5.78 Å². The van der Waals surface area contributed by atoms with Crippen molar-refractivity contribution in [2.45, 2.75) is 83.5 Å². The number of allylic oxidation sites excluding steroid dienone is 4. The van der Waals surface area contributed by atoms with E-state index in [4.69, 9.17) is 4.18 Å². The summed E-state index contributed by atoms with van der Waals surface area (Å²) in [7, 11) is -1.09. The lowest BCUT2D eigenvalue weighted by Crippen LogP contribution is -2.55. The van der Waals surface area contributed by atoms with Crippen LogP contribution in [0.25, 0.3) is 0 Å². The molecule has 0 heterocycles. The molecule has 0 aromatic rings. The molecule has 4 fully saturated rings. The molecular formula is C25H38O2S. The van der Waals surface area contributed by atoms with E-state index in [0.29, 0.717) is 23.2 Å². The molecule has 28 heavy (non-hydrogen) atoms. The van der Waals surface area contributed by atoms with E-state index in [1.807, 2.05) is 6.08 Å². The topological polar surface area (TPSA) is 26.3 Å². The van der Waals surface area contributed by atoms with E-state index in [1.165, 1.54) is 37.7 Å². The molecule has 0 aromatic heterocycles. The summed E-state index contributed by atoms with van der Waals surface area (Å²) in [5, 5.41) is 0. The Morgan fingerprint density at radius 1 is 1.18 bits per heavy atom. The molecule has 6 atom stereocenters. The van der Waals surface area contributed by atoms with E-state index in [-0.39, 0.29) is 10.2 Å². The Balaban J connectivity index is 1.45. The monoisotopic (exact) mass is 402 g/mol. The Morgan fingerprint density at radius 2 is 1.93 bits per heavy atom. The van der Waals surface area contributed by atoms with Crippen molar-refractivity contribution in [3.63, 3.8) is 0 Å². The van der Waals surface area contributed by atoms with Gasteiger partial charge in [-0.15, -0.1) is 10.3 Å². The van der Waals surface area contributed by atoms with Gasteiger partial charge in [0.25, 0.3) is 0 Å². The first kappa shape index (κ1) is 19.4. The van der Waals surface area contributed by atoms with E-state index in [0.717, 1.165) is 24.7 Å². The fourth-order valence-electron chi connectivity index (χ4n) is 7.24. The molecular weight excluding hydrogens is 364 g/mol.